The number of aryl methyl sites for hydroxylation is 1. The number of aromatic nitrogens is 3. The highest BCUT2D eigenvalue weighted by Gasteiger charge is 2.14. The molecule has 3 rings (SSSR count). The van der Waals surface area contributed by atoms with E-state index in [4.69, 9.17) is 4.74 Å². The van der Waals surface area contributed by atoms with Crippen LogP contribution in [0, 0.1) is 17.0 Å². The van der Waals surface area contributed by atoms with E-state index in [1.807, 2.05) is 37.3 Å². The maximum atomic E-state index is 12.0. The van der Waals surface area contributed by atoms with Gasteiger partial charge in [-0.1, -0.05) is 13.0 Å². The molecule has 0 radical (unpaired) electrons. The molecule has 1 aromatic carbocycles. The van der Waals surface area contributed by atoms with Crippen molar-refractivity contribution in [3.8, 4) is 11.3 Å². The molecule has 0 fully saturated rings. The third-order valence-corrected chi connectivity index (χ3v) is 4.65. The van der Waals surface area contributed by atoms with E-state index in [1.54, 1.807) is 31.6 Å². The monoisotopic (exact) mass is 452 g/mol. The van der Waals surface area contributed by atoms with Crippen molar-refractivity contribution >= 4 is 23.3 Å². The van der Waals surface area contributed by atoms with Crippen molar-refractivity contribution in [3.05, 3.63) is 70.7 Å². The Morgan fingerprint density at radius 1 is 1.24 bits per heavy atom. The van der Waals surface area contributed by atoms with Crippen molar-refractivity contribution in [3.63, 3.8) is 0 Å². The highest BCUT2D eigenvalue weighted by atomic mass is 17.0. The Kier molecular flexibility index (Phi) is 8.06. The summed E-state index contributed by atoms with van der Waals surface area (Å²) in [5.74, 6) is -0.129. The maximum Gasteiger partial charge on any atom is 0.325 e. The number of nitrogens with one attached hydrogen (secondary N) is 2. The molecule has 3 aromatic rings. The molecule has 0 amide bonds. The van der Waals surface area contributed by atoms with Gasteiger partial charge in [-0.05, 0) is 49.2 Å². The number of hydrogen-bond donors (Lipinski definition) is 2. The van der Waals surface area contributed by atoms with Gasteiger partial charge in [0.25, 0.3) is 5.09 Å². The van der Waals surface area contributed by atoms with Crippen molar-refractivity contribution in [2.45, 2.75) is 26.4 Å². The van der Waals surface area contributed by atoms with E-state index in [1.165, 1.54) is 0 Å². The van der Waals surface area contributed by atoms with E-state index < -0.39 is 17.2 Å². The molecule has 0 aliphatic heterocycles. The van der Waals surface area contributed by atoms with Crippen molar-refractivity contribution in [2.75, 3.05) is 23.8 Å². The van der Waals surface area contributed by atoms with Crippen LogP contribution in [-0.2, 0) is 14.4 Å². The van der Waals surface area contributed by atoms with Crippen LogP contribution in [0.25, 0.3) is 11.3 Å². The van der Waals surface area contributed by atoms with Crippen molar-refractivity contribution < 1.29 is 19.5 Å². The Morgan fingerprint density at radius 3 is 2.82 bits per heavy atom. The molecule has 0 aliphatic rings. The third-order valence-electron chi connectivity index (χ3n) is 4.65. The molecule has 2 N–H and O–H groups in total. The molecule has 0 saturated carbocycles. The Bertz CT molecular complexity index is 1100. The minimum absolute atomic E-state index is 0.107. The van der Waals surface area contributed by atoms with Gasteiger partial charge < -0.3 is 20.2 Å². The summed E-state index contributed by atoms with van der Waals surface area (Å²) in [4.78, 5) is 39.8. The van der Waals surface area contributed by atoms with Gasteiger partial charge in [-0.15, -0.1) is 10.1 Å². The van der Waals surface area contributed by atoms with Crippen LogP contribution >= 0.6 is 0 Å². The van der Waals surface area contributed by atoms with Crippen LogP contribution in [0.3, 0.4) is 0 Å². The van der Waals surface area contributed by atoms with E-state index in [0.29, 0.717) is 18.1 Å². The molecule has 0 bridgehead atoms. The van der Waals surface area contributed by atoms with Crippen LogP contribution < -0.4 is 10.6 Å². The summed E-state index contributed by atoms with van der Waals surface area (Å²) >= 11 is 0. The van der Waals surface area contributed by atoms with Gasteiger partial charge in [0.05, 0.1) is 5.69 Å². The number of esters is 1. The van der Waals surface area contributed by atoms with E-state index >= 15 is 0 Å². The molecular formula is C22H24N6O5. The fourth-order valence-electron chi connectivity index (χ4n) is 2.84. The lowest BCUT2D eigenvalue weighted by atomic mass is 10.2. The highest BCUT2D eigenvalue weighted by Crippen LogP contribution is 2.24. The number of benzene rings is 1. The number of carbonyl (C=O) groups is 1. The second-order valence-corrected chi connectivity index (χ2v) is 7.06. The molecule has 1 atom stereocenters. The van der Waals surface area contributed by atoms with E-state index in [-0.39, 0.29) is 13.2 Å². The van der Waals surface area contributed by atoms with E-state index in [9.17, 15) is 14.9 Å². The molecule has 33 heavy (non-hydrogen) atoms. The quantitative estimate of drug-likeness (QED) is 0.252. The van der Waals surface area contributed by atoms with E-state index in [0.717, 1.165) is 22.5 Å². The summed E-state index contributed by atoms with van der Waals surface area (Å²) < 4.78 is 5.05. The minimum Gasteiger partial charge on any atom is -0.462 e. The highest BCUT2D eigenvalue weighted by molar-refractivity contribution is 5.76. The molecule has 2 heterocycles. The zero-order valence-corrected chi connectivity index (χ0v) is 18.2. The van der Waals surface area contributed by atoms with Crippen LogP contribution in [0.1, 0.15) is 18.9 Å². The average molecular weight is 452 g/mol. The van der Waals surface area contributed by atoms with Crippen LogP contribution in [0.15, 0.2) is 55.0 Å². The lowest BCUT2D eigenvalue weighted by Crippen LogP contribution is -2.26. The first-order chi connectivity index (χ1) is 15.9. The summed E-state index contributed by atoms with van der Waals surface area (Å²) in [6.45, 7) is 3.34. The van der Waals surface area contributed by atoms with Gasteiger partial charge in [-0.25, -0.2) is 9.97 Å². The largest absolute Gasteiger partial charge is 0.462 e. The molecule has 1 unspecified atom stereocenters. The Labute approximate surface area is 190 Å². The van der Waals surface area contributed by atoms with Crippen molar-refractivity contribution in [1.82, 2.24) is 15.0 Å². The minimum atomic E-state index is -0.892. The van der Waals surface area contributed by atoms with Gasteiger partial charge in [-0.2, -0.15) is 0 Å². The lowest BCUT2D eigenvalue weighted by molar-refractivity contribution is -0.769. The first kappa shape index (κ1) is 23.4. The maximum absolute atomic E-state index is 12.0. The average Bonchev–Trinajstić information content (AvgIpc) is 2.82. The molecule has 0 aliphatic carbocycles. The molecule has 0 spiro atoms. The number of carbonyl (C=O) groups excluding carboxylic acids is 1. The SMILES string of the molecule is CCC(COC(=O)CNc1ccc(C)c(Nc2nccc(-c3cccnc3)n2)c1)O[N+](=O)[O-]. The van der Waals surface area contributed by atoms with Gasteiger partial charge in [0.15, 0.2) is 0 Å². The number of hydrogen-bond acceptors (Lipinski definition) is 10. The summed E-state index contributed by atoms with van der Waals surface area (Å²) in [5, 5.41) is 15.7. The normalized spacial score (nSPS) is 11.3. The fourth-order valence-corrected chi connectivity index (χ4v) is 2.84. The second kappa shape index (κ2) is 11.4. The van der Waals surface area contributed by atoms with Crippen LogP contribution in [0.5, 0.6) is 0 Å². The predicted molar refractivity (Wildman–Crippen MR) is 121 cm³/mol. The first-order valence-electron chi connectivity index (χ1n) is 10.3. The van der Waals surface area contributed by atoms with Gasteiger partial charge in [0.1, 0.15) is 19.3 Å². The van der Waals surface area contributed by atoms with E-state index in [2.05, 4.69) is 30.4 Å². The fraction of sp³-hybridized carbons (Fsp3) is 0.273. The van der Waals surface area contributed by atoms with Crippen LogP contribution in [0.2, 0.25) is 0 Å². The van der Waals surface area contributed by atoms with Gasteiger partial charge in [0.2, 0.25) is 5.95 Å². The molecule has 172 valence electrons. The topological polar surface area (TPSA) is 141 Å². The van der Waals surface area contributed by atoms with Gasteiger partial charge in [0, 0.05) is 35.5 Å². The summed E-state index contributed by atoms with van der Waals surface area (Å²) in [6, 6.07) is 11.1. The smallest absolute Gasteiger partial charge is 0.325 e. The van der Waals surface area contributed by atoms with Crippen molar-refractivity contribution in [1.29, 1.82) is 0 Å². The number of rotatable bonds is 11. The number of anilines is 3. The van der Waals surface area contributed by atoms with Gasteiger partial charge in [-0.3, -0.25) is 9.78 Å². The lowest BCUT2D eigenvalue weighted by Gasteiger charge is -2.14. The molecule has 11 heteroatoms. The Hall–Kier alpha value is -4.28. The predicted octanol–water partition coefficient (Wildman–Crippen LogP) is 3.53. The van der Waals surface area contributed by atoms with Crippen LogP contribution in [-0.4, -0.2) is 45.3 Å². The summed E-state index contributed by atoms with van der Waals surface area (Å²) in [5.41, 5.74) is 4.02. The first-order valence-corrected chi connectivity index (χ1v) is 10.3. The number of nitrogens with zero attached hydrogens (tertiary/aromatic N) is 4. The molecule has 11 nitrogen and oxygen atoms in total. The zero-order valence-electron chi connectivity index (χ0n) is 18.2. The molecule has 0 saturated heterocycles. The summed E-state index contributed by atoms with van der Waals surface area (Å²) in [6.07, 6.45) is 4.65. The summed E-state index contributed by atoms with van der Waals surface area (Å²) in [7, 11) is 0. The Morgan fingerprint density at radius 2 is 2.09 bits per heavy atom. The molecule has 2 aromatic heterocycles. The van der Waals surface area contributed by atoms with Gasteiger partial charge >= 0.3 is 5.97 Å². The third kappa shape index (κ3) is 7.13. The standard InChI is InChI=1S/C22H24N6O5/c1-3-18(33-28(30)31)14-32-21(29)13-25-17-7-6-15(2)20(11-17)27-22-24-10-8-19(26-22)16-5-4-9-23-12-16/h4-12,18,25H,3,13-14H2,1-2H3,(H,24,26,27). The van der Waals surface area contributed by atoms with Crippen molar-refractivity contribution in [2.24, 2.45) is 0 Å². The second-order valence-electron chi connectivity index (χ2n) is 7.06. The molecular weight excluding hydrogens is 428 g/mol. The zero-order chi connectivity index (χ0) is 23.6. The number of ether oxygens (including phenoxy) is 1. The van der Waals surface area contributed by atoms with Crippen LogP contribution in [0.4, 0.5) is 17.3 Å². The number of pyridine rings is 1. The Balaban J connectivity index is 1.60.